The van der Waals surface area contributed by atoms with Crippen molar-refractivity contribution in [2.75, 3.05) is 0 Å². The van der Waals surface area contributed by atoms with Crippen molar-refractivity contribution in [3.8, 4) is 0 Å². The van der Waals surface area contributed by atoms with Crippen molar-refractivity contribution in [1.29, 1.82) is 0 Å². The van der Waals surface area contributed by atoms with Gasteiger partial charge < -0.3 is 0 Å². The summed E-state index contributed by atoms with van der Waals surface area (Å²) < 4.78 is 0. The van der Waals surface area contributed by atoms with Gasteiger partial charge in [0.25, 0.3) is 0 Å². The van der Waals surface area contributed by atoms with Crippen molar-refractivity contribution in [3.63, 3.8) is 0 Å². The van der Waals surface area contributed by atoms with E-state index in [1.807, 2.05) is 0 Å². The van der Waals surface area contributed by atoms with E-state index in [0.717, 1.165) is 17.8 Å². The van der Waals surface area contributed by atoms with Crippen molar-refractivity contribution in [3.05, 3.63) is 0 Å². The maximum atomic E-state index is 2.43. The van der Waals surface area contributed by atoms with Crippen molar-refractivity contribution in [2.24, 2.45) is 17.8 Å². The molecule has 0 heteroatoms. The van der Waals surface area contributed by atoms with Gasteiger partial charge in [-0.15, -0.1) is 0 Å². The molecule has 0 aromatic carbocycles. The van der Waals surface area contributed by atoms with E-state index in [4.69, 9.17) is 0 Å². The summed E-state index contributed by atoms with van der Waals surface area (Å²) in [5, 5.41) is 0. The predicted octanol–water partition coefficient (Wildman–Crippen LogP) is 5.17. The van der Waals surface area contributed by atoms with Crippen molar-refractivity contribution >= 4 is 0 Å². The first kappa shape index (κ1) is 11.5. The van der Waals surface area contributed by atoms with Gasteiger partial charge in [0.1, 0.15) is 0 Å². The lowest BCUT2D eigenvalue weighted by Crippen LogP contribution is -2.15. The molecule has 2 saturated carbocycles. The second-order valence-electron chi connectivity index (χ2n) is 6.22. The quantitative estimate of drug-likeness (QED) is 0.549. The van der Waals surface area contributed by atoms with Gasteiger partial charge in [-0.3, -0.25) is 0 Å². The topological polar surface area (TPSA) is 0 Å². The first-order valence-corrected chi connectivity index (χ1v) is 7.34. The molecule has 2 aliphatic rings. The van der Waals surface area contributed by atoms with Gasteiger partial charge in [0, 0.05) is 0 Å². The monoisotopic (exact) mass is 208 g/mol. The molecule has 0 unspecified atom stereocenters. The Morgan fingerprint density at radius 1 is 0.667 bits per heavy atom. The minimum atomic E-state index is 1.02. The first-order valence-electron chi connectivity index (χ1n) is 7.34. The molecule has 0 amide bonds. The smallest absolute Gasteiger partial charge is 0.0411 e. The molecule has 2 rings (SSSR count). The lowest BCUT2D eigenvalue weighted by molar-refractivity contribution is 0.236. The molecule has 0 aliphatic heterocycles. The molecule has 2 aliphatic carbocycles. The third-order valence-corrected chi connectivity index (χ3v) is 4.78. The van der Waals surface area contributed by atoms with Crippen LogP contribution in [0, 0.1) is 17.8 Å². The van der Waals surface area contributed by atoms with Gasteiger partial charge in [-0.2, -0.15) is 0 Å². The second kappa shape index (κ2) is 5.92. The summed E-state index contributed by atoms with van der Waals surface area (Å²) in [6.45, 7) is 2.43. The van der Waals surface area contributed by atoms with Crippen molar-refractivity contribution in [1.82, 2.24) is 0 Å². The van der Waals surface area contributed by atoms with Gasteiger partial charge in [-0.05, 0) is 24.2 Å². The van der Waals surface area contributed by atoms with E-state index in [0.29, 0.717) is 0 Å². The van der Waals surface area contributed by atoms with E-state index in [1.165, 1.54) is 51.4 Å². The molecule has 15 heavy (non-hydrogen) atoms. The SMILES string of the molecule is CC1CCC(CC2CCCCCC2)CC1. The number of rotatable bonds is 2. The maximum Gasteiger partial charge on any atom is -0.0411 e. The van der Waals surface area contributed by atoms with Crippen LogP contribution in [0.2, 0.25) is 0 Å². The standard InChI is InChI=1S/C15H28/c1-13-8-10-15(11-9-13)12-14-6-4-2-3-5-7-14/h13-15H,2-12H2,1H3. The highest BCUT2D eigenvalue weighted by atomic mass is 14.3. The lowest BCUT2D eigenvalue weighted by Gasteiger charge is -2.29. The fraction of sp³-hybridized carbons (Fsp3) is 1.00. The number of hydrogen-bond acceptors (Lipinski definition) is 0. The van der Waals surface area contributed by atoms with Gasteiger partial charge in [-0.25, -0.2) is 0 Å². The highest BCUT2D eigenvalue weighted by Crippen LogP contribution is 2.36. The van der Waals surface area contributed by atoms with Crippen LogP contribution >= 0.6 is 0 Å². The fourth-order valence-electron chi connectivity index (χ4n) is 3.64. The second-order valence-corrected chi connectivity index (χ2v) is 6.22. The number of hydrogen-bond donors (Lipinski definition) is 0. The Labute approximate surface area is 95.8 Å². The van der Waals surface area contributed by atoms with Crippen LogP contribution in [0.4, 0.5) is 0 Å². The highest BCUT2D eigenvalue weighted by Gasteiger charge is 2.22. The van der Waals surface area contributed by atoms with E-state index < -0.39 is 0 Å². The summed E-state index contributed by atoms with van der Waals surface area (Å²) in [5.41, 5.74) is 0. The van der Waals surface area contributed by atoms with E-state index in [1.54, 1.807) is 19.3 Å². The minimum Gasteiger partial charge on any atom is -0.0625 e. The van der Waals surface area contributed by atoms with E-state index in [2.05, 4.69) is 6.92 Å². The Morgan fingerprint density at radius 2 is 1.20 bits per heavy atom. The molecule has 0 atom stereocenters. The molecule has 0 saturated heterocycles. The predicted molar refractivity (Wildman–Crippen MR) is 66.9 cm³/mol. The third-order valence-electron chi connectivity index (χ3n) is 4.78. The lowest BCUT2D eigenvalue weighted by atomic mass is 9.77. The van der Waals surface area contributed by atoms with Crippen LogP contribution in [0.5, 0.6) is 0 Å². The molecule has 0 radical (unpaired) electrons. The zero-order valence-corrected chi connectivity index (χ0v) is 10.5. The molecule has 88 valence electrons. The summed E-state index contributed by atoms with van der Waals surface area (Å²) >= 11 is 0. The molecule has 0 aromatic rings. The summed E-state index contributed by atoms with van der Waals surface area (Å²) in [6.07, 6.45) is 16.8. The Bertz CT molecular complexity index is 157. The van der Waals surface area contributed by atoms with Gasteiger partial charge in [0.05, 0.1) is 0 Å². The van der Waals surface area contributed by atoms with Crippen LogP contribution in [-0.4, -0.2) is 0 Å². The highest BCUT2D eigenvalue weighted by molar-refractivity contribution is 4.74. The average Bonchev–Trinajstić information content (AvgIpc) is 2.50. The summed E-state index contributed by atoms with van der Waals surface area (Å²) in [6, 6.07) is 0. The summed E-state index contributed by atoms with van der Waals surface area (Å²) in [5.74, 6) is 3.23. The third kappa shape index (κ3) is 3.81. The van der Waals surface area contributed by atoms with Crippen LogP contribution in [-0.2, 0) is 0 Å². The van der Waals surface area contributed by atoms with E-state index in [-0.39, 0.29) is 0 Å². The van der Waals surface area contributed by atoms with Crippen molar-refractivity contribution in [2.45, 2.75) is 77.6 Å². The first-order chi connectivity index (χ1) is 7.34. The van der Waals surface area contributed by atoms with Gasteiger partial charge >= 0.3 is 0 Å². The van der Waals surface area contributed by atoms with E-state index in [9.17, 15) is 0 Å². The molecular formula is C15H28. The molecule has 0 nitrogen and oxygen atoms in total. The molecule has 0 spiro atoms. The Hall–Kier alpha value is 0. The molecule has 0 heterocycles. The molecule has 0 aromatic heterocycles. The fourth-order valence-corrected chi connectivity index (χ4v) is 3.64. The molecule has 0 bridgehead atoms. The Morgan fingerprint density at radius 3 is 1.80 bits per heavy atom. The molecular weight excluding hydrogens is 180 g/mol. The average molecular weight is 208 g/mol. The molecule has 0 N–H and O–H groups in total. The van der Waals surface area contributed by atoms with Crippen LogP contribution in [0.15, 0.2) is 0 Å². The van der Waals surface area contributed by atoms with E-state index >= 15 is 0 Å². The Balaban J connectivity index is 1.70. The van der Waals surface area contributed by atoms with Crippen LogP contribution in [0.25, 0.3) is 0 Å². The van der Waals surface area contributed by atoms with Crippen LogP contribution < -0.4 is 0 Å². The zero-order valence-electron chi connectivity index (χ0n) is 10.5. The summed E-state index contributed by atoms with van der Waals surface area (Å²) in [7, 11) is 0. The van der Waals surface area contributed by atoms with Crippen LogP contribution in [0.3, 0.4) is 0 Å². The van der Waals surface area contributed by atoms with Gasteiger partial charge in [-0.1, -0.05) is 71.1 Å². The minimum absolute atomic E-state index is 1.02. The van der Waals surface area contributed by atoms with Gasteiger partial charge in [0.15, 0.2) is 0 Å². The Kier molecular flexibility index (Phi) is 4.53. The largest absolute Gasteiger partial charge is 0.0625 e. The molecule has 2 fully saturated rings. The van der Waals surface area contributed by atoms with Gasteiger partial charge in [0.2, 0.25) is 0 Å². The maximum absolute atomic E-state index is 2.43. The van der Waals surface area contributed by atoms with Crippen LogP contribution in [0.1, 0.15) is 77.6 Å². The zero-order chi connectivity index (χ0) is 10.5. The summed E-state index contributed by atoms with van der Waals surface area (Å²) in [4.78, 5) is 0. The normalized spacial score (nSPS) is 35.0. The van der Waals surface area contributed by atoms with Crippen molar-refractivity contribution < 1.29 is 0 Å².